The zero-order chi connectivity index (χ0) is 12.1. The number of aliphatic hydroxyl groups is 1. The van der Waals surface area contributed by atoms with Gasteiger partial charge in [-0.2, -0.15) is 0 Å². The van der Waals surface area contributed by atoms with Crippen molar-refractivity contribution in [1.29, 1.82) is 0 Å². The Kier molecular flexibility index (Phi) is 4.58. The molecule has 0 aromatic heterocycles. The minimum absolute atomic E-state index is 0.0781. The van der Waals surface area contributed by atoms with Gasteiger partial charge in [0.15, 0.2) is 0 Å². The van der Waals surface area contributed by atoms with Gasteiger partial charge in [-0.15, -0.1) is 0 Å². The van der Waals surface area contributed by atoms with Gasteiger partial charge in [-0.3, -0.25) is 4.79 Å². The van der Waals surface area contributed by atoms with Gasteiger partial charge in [-0.25, -0.2) is 0 Å². The molecule has 4 N–H and O–H groups in total. The number of aliphatic hydroxyl groups excluding tert-OH is 1. The Bertz CT molecular complexity index is 378. The Hall–Kier alpha value is -1.26. The van der Waals surface area contributed by atoms with E-state index < -0.39 is 0 Å². The second-order valence-electron chi connectivity index (χ2n) is 3.50. The number of nitrogens with one attached hydrogen (secondary N) is 1. The normalized spacial score (nSPS) is 12.2. The first-order chi connectivity index (χ1) is 7.58. The highest BCUT2D eigenvalue weighted by molar-refractivity contribution is 6.33. The third kappa shape index (κ3) is 3.12. The lowest BCUT2D eigenvalue weighted by Crippen LogP contribution is -2.36. The molecule has 0 aliphatic rings. The summed E-state index contributed by atoms with van der Waals surface area (Å²) >= 11 is 5.75. The molecule has 16 heavy (non-hydrogen) atoms. The summed E-state index contributed by atoms with van der Waals surface area (Å²) in [6.07, 6.45) is 0.672. The number of nitrogen functional groups attached to an aromatic ring is 1. The molecule has 88 valence electrons. The largest absolute Gasteiger partial charge is 0.398 e. The Balaban J connectivity index is 2.76. The Morgan fingerprint density at radius 2 is 2.31 bits per heavy atom. The van der Waals surface area contributed by atoms with Gasteiger partial charge in [0.2, 0.25) is 0 Å². The van der Waals surface area contributed by atoms with Gasteiger partial charge in [0.25, 0.3) is 5.91 Å². The van der Waals surface area contributed by atoms with Crippen LogP contribution < -0.4 is 11.1 Å². The number of anilines is 1. The first kappa shape index (κ1) is 12.8. The summed E-state index contributed by atoms with van der Waals surface area (Å²) in [6.45, 7) is 1.81. The van der Waals surface area contributed by atoms with E-state index in [1.54, 1.807) is 12.1 Å². The van der Waals surface area contributed by atoms with Crippen LogP contribution in [0.1, 0.15) is 23.7 Å². The van der Waals surface area contributed by atoms with Gasteiger partial charge in [-0.1, -0.05) is 18.5 Å². The fourth-order valence-electron chi connectivity index (χ4n) is 1.23. The molecule has 5 heteroatoms. The van der Waals surface area contributed by atoms with E-state index in [2.05, 4.69) is 5.32 Å². The Morgan fingerprint density at radius 1 is 1.62 bits per heavy atom. The molecule has 0 radical (unpaired) electrons. The topological polar surface area (TPSA) is 75.3 Å². The molecule has 1 aromatic rings. The van der Waals surface area contributed by atoms with E-state index in [9.17, 15) is 4.79 Å². The van der Waals surface area contributed by atoms with Gasteiger partial charge in [0.05, 0.1) is 23.4 Å². The maximum Gasteiger partial charge on any atom is 0.251 e. The predicted octanol–water partition coefficient (Wildman–Crippen LogP) is 1.42. The zero-order valence-corrected chi connectivity index (χ0v) is 9.79. The Labute approximate surface area is 99.4 Å². The second-order valence-corrected chi connectivity index (χ2v) is 3.90. The number of hydrogen-bond donors (Lipinski definition) is 3. The fraction of sp³-hybridized carbons (Fsp3) is 0.364. The number of benzene rings is 1. The SMILES string of the molecule is CC[C@H](CO)NC(=O)c1ccc(Cl)c(N)c1. The van der Waals surface area contributed by atoms with Crippen LogP contribution >= 0.6 is 11.6 Å². The third-order valence-electron chi connectivity index (χ3n) is 2.31. The van der Waals surface area contributed by atoms with Gasteiger partial charge in [0.1, 0.15) is 0 Å². The van der Waals surface area contributed by atoms with E-state index >= 15 is 0 Å². The average molecular weight is 243 g/mol. The summed E-state index contributed by atoms with van der Waals surface area (Å²) in [5.74, 6) is -0.260. The van der Waals surface area contributed by atoms with Gasteiger partial charge >= 0.3 is 0 Å². The van der Waals surface area contributed by atoms with Crippen LogP contribution in [0.3, 0.4) is 0 Å². The summed E-state index contributed by atoms with van der Waals surface area (Å²) in [4.78, 5) is 11.7. The van der Waals surface area contributed by atoms with Crippen LogP contribution in [0.15, 0.2) is 18.2 Å². The van der Waals surface area contributed by atoms with Crippen molar-refractivity contribution in [2.24, 2.45) is 0 Å². The predicted molar refractivity (Wildman–Crippen MR) is 64.5 cm³/mol. The van der Waals surface area contributed by atoms with Crippen molar-refractivity contribution < 1.29 is 9.90 Å². The quantitative estimate of drug-likeness (QED) is 0.699. The molecule has 0 fully saturated rings. The van der Waals surface area contributed by atoms with Crippen molar-refractivity contribution in [3.8, 4) is 0 Å². The lowest BCUT2D eigenvalue weighted by atomic mass is 10.1. The summed E-state index contributed by atoms with van der Waals surface area (Å²) < 4.78 is 0. The molecule has 0 aliphatic heterocycles. The molecule has 0 spiro atoms. The lowest BCUT2D eigenvalue weighted by molar-refractivity contribution is 0.0915. The monoisotopic (exact) mass is 242 g/mol. The molecule has 0 heterocycles. The van der Waals surface area contributed by atoms with E-state index in [1.165, 1.54) is 6.07 Å². The van der Waals surface area contributed by atoms with Crippen molar-refractivity contribution >= 4 is 23.2 Å². The average Bonchev–Trinajstić information content (AvgIpc) is 2.29. The van der Waals surface area contributed by atoms with Gasteiger partial charge < -0.3 is 16.2 Å². The van der Waals surface area contributed by atoms with Crippen molar-refractivity contribution in [3.63, 3.8) is 0 Å². The summed E-state index contributed by atoms with van der Waals surface area (Å²) in [6, 6.07) is 4.45. The van der Waals surface area contributed by atoms with E-state index in [0.29, 0.717) is 22.7 Å². The molecule has 4 nitrogen and oxygen atoms in total. The lowest BCUT2D eigenvalue weighted by Gasteiger charge is -2.14. The standard InChI is InChI=1S/C11H15ClN2O2/c1-2-8(6-15)14-11(16)7-3-4-9(12)10(13)5-7/h3-5,8,15H,2,6,13H2,1H3,(H,14,16)/t8-/m1/s1. The van der Waals surface area contributed by atoms with E-state index in [0.717, 1.165) is 0 Å². The zero-order valence-electron chi connectivity index (χ0n) is 9.03. The maximum atomic E-state index is 11.7. The summed E-state index contributed by atoms with van der Waals surface area (Å²) in [5, 5.41) is 12.1. The molecular formula is C11H15ClN2O2. The molecule has 0 saturated heterocycles. The summed E-state index contributed by atoms with van der Waals surface area (Å²) in [5.41, 5.74) is 6.40. The van der Waals surface area contributed by atoms with Gasteiger partial charge in [-0.05, 0) is 24.6 Å². The van der Waals surface area contributed by atoms with Crippen molar-refractivity contribution in [2.45, 2.75) is 19.4 Å². The maximum absolute atomic E-state index is 11.7. The molecule has 1 amide bonds. The fourth-order valence-corrected chi connectivity index (χ4v) is 1.35. The highest BCUT2D eigenvalue weighted by atomic mass is 35.5. The van der Waals surface area contributed by atoms with Crippen LogP contribution in [0, 0.1) is 0 Å². The van der Waals surface area contributed by atoms with E-state index in [-0.39, 0.29) is 18.6 Å². The van der Waals surface area contributed by atoms with Crippen LogP contribution in [0.4, 0.5) is 5.69 Å². The van der Waals surface area contributed by atoms with Gasteiger partial charge in [0, 0.05) is 5.56 Å². The summed E-state index contributed by atoms with van der Waals surface area (Å²) in [7, 11) is 0. The molecule has 0 saturated carbocycles. The molecule has 0 unspecified atom stereocenters. The van der Waals surface area contributed by atoms with Crippen LogP contribution in [0.2, 0.25) is 5.02 Å². The number of halogens is 1. The molecule has 0 bridgehead atoms. The number of carbonyl (C=O) groups is 1. The minimum atomic E-state index is -0.260. The molecule has 1 atom stereocenters. The van der Waals surface area contributed by atoms with E-state index in [1.807, 2.05) is 6.92 Å². The highest BCUT2D eigenvalue weighted by Gasteiger charge is 2.11. The first-order valence-electron chi connectivity index (χ1n) is 5.05. The molecule has 0 aliphatic carbocycles. The second kappa shape index (κ2) is 5.72. The smallest absolute Gasteiger partial charge is 0.251 e. The number of rotatable bonds is 4. The third-order valence-corrected chi connectivity index (χ3v) is 2.65. The van der Waals surface area contributed by atoms with Crippen molar-refractivity contribution in [1.82, 2.24) is 5.32 Å². The van der Waals surface area contributed by atoms with Crippen LogP contribution in [-0.4, -0.2) is 23.7 Å². The number of nitrogens with two attached hydrogens (primary N) is 1. The van der Waals surface area contributed by atoms with Crippen LogP contribution in [0.25, 0.3) is 0 Å². The molecule has 1 aromatic carbocycles. The van der Waals surface area contributed by atoms with E-state index in [4.69, 9.17) is 22.4 Å². The van der Waals surface area contributed by atoms with Crippen LogP contribution in [0.5, 0.6) is 0 Å². The number of carbonyl (C=O) groups excluding carboxylic acids is 1. The van der Waals surface area contributed by atoms with Crippen molar-refractivity contribution in [2.75, 3.05) is 12.3 Å². The first-order valence-corrected chi connectivity index (χ1v) is 5.43. The molecular weight excluding hydrogens is 228 g/mol. The van der Waals surface area contributed by atoms with Crippen LogP contribution in [-0.2, 0) is 0 Å². The molecule has 1 rings (SSSR count). The van der Waals surface area contributed by atoms with Crippen molar-refractivity contribution in [3.05, 3.63) is 28.8 Å². The Morgan fingerprint density at radius 3 is 2.81 bits per heavy atom. The number of amides is 1. The minimum Gasteiger partial charge on any atom is -0.398 e. The highest BCUT2D eigenvalue weighted by Crippen LogP contribution is 2.19. The number of hydrogen-bond acceptors (Lipinski definition) is 3.